The van der Waals surface area contributed by atoms with E-state index in [1.807, 2.05) is 0 Å². The average molecular weight is 300 g/mol. The second-order valence-electron chi connectivity index (χ2n) is 5.40. The van der Waals surface area contributed by atoms with Gasteiger partial charge in [0.2, 0.25) is 10.0 Å². The van der Waals surface area contributed by atoms with Crippen LogP contribution in [0.25, 0.3) is 0 Å². The average Bonchev–Trinajstić information content (AvgIpc) is 2.64. The van der Waals surface area contributed by atoms with E-state index < -0.39 is 15.8 Å². The van der Waals surface area contributed by atoms with Gasteiger partial charge in [-0.05, 0) is 43.4 Å². The van der Waals surface area contributed by atoms with Crippen molar-refractivity contribution in [1.82, 2.24) is 4.31 Å². The van der Waals surface area contributed by atoms with Crippen LogP contribution in [0.1, 0.15) is 31.7 Å². The van der Waals surface area contributed by atoms with Gasteiger partial charge in [0.05, 0.1) is 4.90 Å². The van der Waals surface area contributed by atoms with Gasteiger partial charge in [0.1, 0.15) is 5.82 Å². The van der Waals surface area contributed by atoms with E-state index in [-0.39, 0.29) is 17.0 Å². The Hall–Kier alpha value is -0.980. The summed E-state index contributed by atoms with van der Waals surface area (Å²) in [6.07, 6.45) is 2.78. The third kappa shape index (κ3) is 3.19. The molecule has 0 bridgehead atoms. The van der Waals surface area contributed by atoms with Crippen LogP contribution in [0.3, 0.4) is 0 Å². The molecule has 1 aliphatic rings. The molecule has 1 aromatic carbocycles. The normalized spacial score (nSPS) is 21.6. The van der Waals surface area contributed by atoms with Crippen molar-refractivity contribution in [2.45, 2.75) is 37.6 Å². The van der Waals surface area contributed by atoms with Crippen molar-refractivity contribution in [2.24, 2.45) is 11.7 Å². The van der Waals surface area contributed by atoms with Crippen LogP contribution >= 0.6 is 0 Å². The van der Waals surface area contributed by atoms with E-state index in [1.54, 1.807) is 0 Å². The zero-order chi connectivity index (χ0) is 14.8. The van der Waals surface area contributed by atoms with Crippen LogP contribution in [0.2, 0.25) is 0 Å². The topological polar surface area (TPSA) is 63.4 Å². The van der Waals surface area contributed by atoms with Crippen LogP contribution in [0, 0.1) is 11.7 Å². The lowest BCUT2D eigenvalue weighted by atomic mass is 10.0. The second kappa shape index (κ2) is 6.20. The summed E-state index contributed by atoms with van der Waals surface area (Å²) in [7, 11) is -3.55. The third-order valence-corrected chi connectivity index (χ3v) is 5.75. The van der Waals surface area contributed by atoms with Gasteiger partial charge in [0.15, 0.2) is 0 Å². The van der Waals surface area contributed by atoms with Crippen molar-refractivity contribution in [3.63, 3.8) is 0 Å². The molecular weight excluding hydrogens is 279 g/mol. The summed E-state index contributed by atoms with van der Waals surface area (Å²) in [6, 6.07) is 3.84. The first-order chi connectivity index (χ1) is 9.45. The van der Waals surface area contributed by atoms with Gasteiger partial charge in [-0.25, -0.2) is 12.8 Å². The van der Waals surface area contributed by atoms with E-state index in [4.69, 9.17) is 5.73 Å². The summed E-state index contributed by atoms with van der Waals surface area (Å²) in [5.74, 6) is 0.0824. The van der Waals surface area contributed by atoms with Gasteiger partial charge in [0.25, 0.3) is 0 Å². The molecule has 4 nitrogen and oxygen atoms in total. The largest absolute Gasteiger partial charge is 0.326 e. The number of benzene rings is 1. The first-order valence-electron chi connectivity index (χ1n) is 6.94. The monoisotopic (exact) mass is 300 g/mol. The molecule has 0 radical (unpaired) electrons. The lowest BCUT2D eigenvalue weighted by Crippen LogP contribution is -2.32. The smallest absolute Gasteiger partial charge is 0.243 e. The highest BCUT2D eigenvalue weighted by Gasteiger charge is 2.27. The van der Waals surface area contributed by atoms with Gasteiger partial charge < -0.3 is 5.73 Å². The Morgan fingerprint density at radius 1 is 1.35 bits per heavy atom. The van der Waals surface area contributed by atoms with Crippen molar-refractivity contribution in [3.05, 3.63) is 29.6 Å². The number of rotatable bonds is 3. The minimum absolute atomic E-state index is 0.00771. The van der Waals surface area contributed by atoms with Gasteiger partial charge in [0, 0.05) is 25.2 Å². The molecule has 1 unspecified atom stereocenters. The third-order valence-electron chi connectivity index (χ3n) is 3.85. The van der Waals surface area contributed by atoms with E-state index >= 15 is 0 Å². The van der Waals surface area contributed by atoms with E-state index in [2.05, 4.69) is 6.92 Å². The van der Waals surface area contributed by atoms with E-state index in [0.717, 1.165) is 19.3 Å². The molecule has 1 aliphatic heterocycles. The maximum Gasteiger partial charge on any atom is 0.243 e. The van der Waals surface area contributed by atoms with Gasteiger partial charge >= 0.3 is 0 Å². The molecule has 2 rings (SSSR count). The Bertz CT molecular complexity index is 575. The van der Waals surface area contributed by atoms with Gasteiger partial charge in [-0.15, -0.1) is 0 Å². The van der Waals surface area contributed by atoms with Crippen molar-refractivity contribution in [3.8, 4) is 0 Å². The summed E-state index contributed by atoms with van der Waals surface area (Å²) in [5.41, 5.74) is 5.67. The molecule has 6 heteroatoms. The fraction of sp³-hybridized carbons (Fsp3) is 0.571. The molecule has 112 valence electrons. The molecule has 1 atom stereocenters. The Morgan fingerprint density at radius 2 is 2.10 bits per heavy atom. The Kier molecular flexibility index (Phi) is 4.78. The first kappa shape index (κ1) is 15.4. The lowest BCUT2D eigenvalue weighted by molar-refractivity contribution is 0.416. The fourth-order valence-electron chi connectivity index (χ4n) is 2.49. The quantitative estimate of drug-likeness (QED) is 0.929. The maximum absolute atomic E-state index is 13.4. The highest BCUT2D eigenvalue weighted by molar-refractivity contribution is 7.89. The molecule has 0 aliphatic carbocycles. The number of nitrogens with zero attached hydrogens (tertiary/aromatic N) is 1. The predicted molar refractivity (Wildman–Crippen MR) is 76.1 cm³/mol. The van der Waals surface area contributed by atoms with Crippen LogP contribution in [-0.4, -0.2) is 25.8 Å². The van der Waals surface area contributed by atoms with Crippen LogP contribution in [0.15, 0.2) is 23.1 Å². The lowest BCUT2D eigenvalue weighted by Gasteiger charge is -2.20. The SMILES string of the molecule is CC1CCCN(S(=O)(=O)c2ccc(F)c(CN)c2)CC1. The van der Waals surface area contributed by atoms with Crippen LogP contribution in [0.5, 0.6) is 0 Å². The molecule has 0 spiro atoms. The molecule has 0 amide bonds. The molecule has 1 heterocycles. The molecular formula is C14H21FN2O2S. The Labute approximate surface area is 119 Å². The van der Waals surface area contributed by atoms with Gasteiger partial charge in [-0.3, -0.25) is 0 Å². The van der Waals surface area contributed by atoms with E-state index in [1.165, 1.54) is 22.5 Å². The fourth-order valence-corrected chi connectivity index (χ4v) is 4.04. The predicted octanol–water partition coefficient (Wildman–Crippen LogP) is 2.10. The minimum atomic E-state index is -3.55. The highest BCUT2D eigenvalue weighted by atomic mass is 32.2. The van der Waals surface area contributed by atoms with Crippen molar-refractivity contribution < 1.29 is 12.8 Å². The Balaban J connectivity index is 2.29. The van der Waals surface area contributed by atoms with Crippen molar-refractivity contribution in [2.75, 3.05) is 13.1 Å². The minimum Gasteiger partial charge on any atom is -0.326 e. The molecule has 0 aromatic heterocycles. The first-order valence-corrected chi connectivity index (χ1v) is 8.38. The van der Waals surface area contributed by atoms with Gasteiger partial charge in [-0.2, -0.15) is 4.31 Å². The highest BCUT2D eigenvalue weighted by Crippen LogP contribution is 2.24. The van der Waals surface area contributed by atoms with Crippen LogP contribution in [-0.2, 0) is 16.6 Å². The molecule has 1 aromatic rings. The molecule has 1 saturated heterocycles. The number of hydrogen-bond acceptors (Lipinski definition) is 3. The molecule has 0 saturated carbocycles. The zero-order valence-electron chi connectivity index (χ0n) is 11.7. The van der Waals surface area contributed by atoms with Crippen molar-refractivity contribution >= 4 is 10.0 Å². The standard InChI is InChI=1S/C14H21FN2O2S/c1-11-3-2-7-17(8-6-11)20(18,19)13-4-5-14(15)12(9-13)10-16/h4-5,9,11H,2-3,6-8,10,16H2,1H3. The van der Waals surface area contributed by atoms with E-state index in [9.17, 15) is 12.8 Å². The summed E-state index contributed by atoms with van der Waals surface area (Å²) >= 11 is 0. The Morgan fingerprint density at radius 3 is 2.80 bits per heavy atom. The van der Waals surface area contributed by atoms with Crippen molar-refractivity contribution in [1.29, 1.82) is 0 Å². The molecule has 1 fully saturated rings. The van der Waals surface area contributed by atoms with Gasteiger partial charge in [-0.1, -0.05) is 6.92 Å². The van der Waals surface area contributed by atoms with E-state index in [0.29, 0.717) is 19.0 Å². The second-order valence-corrected chi connectivity index (χ2v) is 7.34. The summed E-state index contributed by atoms with van der Waals surface area (Å²) in [6.45, 7) is 3.19. The van der Waals surface area contributed by atoms with Crippen LogP contribution in [0.4, 0.5) is 4.39 Å². The zero-order valence-corrected chi connectivity index (χ0v) is 12.5. The molecule has 20 heavy (non-hydrogen) atoms. The summed E-state index contributed by atoms with van der Waals surface area (Å²) in [5, 5.41) is 0. The maximum atomic E-state index is 13.4. The molecule has 2 N–H and O–H groups in total. The number of nitrogens with two attached hydrogens (primary N) is 1. The summed E-state index contributed by atoms with van der Waals surface area (Å²) in [4.78, 5) is 0.133. The number of hydrogen-bond donors (Lipinski definition) is 1. The number of halogens is 1. The number of sulfonamides is 1. The summed E-state index contributed by atoms with van der Waals surface area (Å²) < 4.78 is 40.1. The van der Waals surface area contributed by atoms with Crippen LogP contribution < -0.4 is 5.73 Å².